The highest BCUT2D eigenvalue weighted by molar-refractivity contribution is 5.71. The van der Waals surface area contributed by atoms with Crippen molar-refractivity contribution in [2.24, 2.45) is 0 Å². The highest BCUT2D eigenvalue weighted by Crippen LogP contribution is 2.16. The molecule has 0 aromatic rings. The molecule has 1 atom stereocenters. The van der Waals surface area contributed by atoms with Gasteiger partial charge in [0.25, 0.3) is 0 Å². The second-order valence-corrected chi connectivity index (χ2v) is 20.3. The van der Waals surface area contributed by atoms with Gasteiger partial charge in [-0.2, -0.15) is 0 Å². The summed E-state index contributed by atoms with van der Waals surface area (Å²) in [6, 6.07) is 0. The van der Waals surface area contributed by atoms with Crippen LogP contribution in [0.25, 0.3) is 0 Å². The Labute approximate surface area is 428 Å². The van der Waals surface area contributed by atoms with Crippen LogP contribution in [0.3, 0.4) is 0 Å². The van der Waals surface area contributed by atoms with Crippen LogP contribution in [-0.2, 0) is 28.6 Å². The Hall–Kier alpha value is -2.63. The number of unbranched alkanes of at least 4 members (excludes halogenated alkanes) is 36. The molecule has 0 heterocycles. The zero-order chi connectivity index (χ0) is 50.0. The molecule has 402 valence electrons. The lowest BCUT2D eigenvalue weighted by molar-refractivity contribution is -0.167. The summed E-state index contributed by atoms with van der Waals surface area (Å²) in [5, 5.41) is 0. The van der Waals surface area contributed by atoms with E-state index in [1.807, 2.05) is 0 Å². The second-order valence-electron chi connectivity index (χ2n) is 20.3. The van der Waals surface area contributed by atoms with Crippen molar-refractivity contribution in [3.8, 4) is 0 Å². The van der Waals surface area contributed by atoms with Crippen LogP contribution < -0.4 is 0 Å². The average Bonchev–Trinajstić information content (AvgIpc) is 3.35. The van der Waals surface area contributed by atoms with Crippen LogP contribution in [0.5, 0.6) is 0 Å². The Morgan fingerprint density at radius 2 is 0.522 bits per heavy atom. The minimum Gasteiger partial charge on any atom is -0.462 e. The van der Waals surface area contributed by atoms with E-state index in [9.17, 15) is 14.4 Å². The predicted octanol–water partition coefficient (Wildman–Crippen LogP) is 20.2. The standard InChI is InChI=1S/C63H114O6/c1-4-7-10-13-16-19-22-24-25-26-27-28-29-30-31-32-33-34-35-36-37-38-39-40-42-44-47-50-53-56-62(65)68-59-60(58-67-61(64)55-52-49-46-43-21-18-15-12-9-6-3)69-63(66)57-54-51-48-45-41-23-20-17-14-11-8-5-2/h17,20,22,24,26-27,29-30,60H,4-16,18-19,21,23,25,28,31-59H2,1-3H3/b20-17-,24-22-,27-26-,30-29-. The van der Waals surface area contributed by atoms with Crippen LogP contribution in [0.2, 0.25) is 0 Å². The number of allylic oxidation sites excluding steroid dienone is 8. The number of esters is 3. The van der Waals surface area contributed by atoms with Crippen LogP contribution in [0.15, 0.2) is 48.6 Å². The van der Waals surface area contributed by atoms with Gasteiger partial charge in [-0.15, -0.1) is 0 Å². The molecule has 0 saturated carbocycles. The van der Waals surface area contributed by atoms with Crippen molar-refractivity contribution >= 4 is 17.9 Å². The average molecular weight is 968 g/mol. The molecule has 0 aliphatic carbocycles. The van der Waals surface area contributed by atoms with Crippen molar-refractivity contribution in [1.82, 2.24) is 0 Å². The zero-order valence-corrected chi connectivity index (χ0v) is 46.1. The van der Waals surface area contributed by atoms with Crippen molar-refractivity contribution in [3.05, 3.63) is 48.6 Å². The number of hydrogen-bond acceptors (Lipinski definition) is 6. The van der Waals surface area contributed by atoms with Crippen LogP contribution in [0.1, 0.15) is 316 Å². The van der Waals surface area contributed by atoms with Crippen molar-refractivity contribution < 1.29 is 28.6 Å². The van der Waals surface area contributed by atoms with Gasteiger partial charge in [0, 0.05) is 19.3 Å². The fourth-order valence-corrected chi connectivity index (χ4v) is 8.74. The molecule has 1 unspecified atom stereocenters. The molecule has 0 fully saturated rings. The van der Waals surface area contributed by atoms with Crippen molar-refractivity contribution in [3.63, 3.8) is 0 Å². The van der Waals surface area contributed by atoms with E-state index in [0.717, 1.165) is 77.0 Å². The molecule has 0 aromatic carbocycles. The number of carbonyl (C=O) groups excluding carboxylic acids is 3. The summed E-state index contributed by atoms with van der Waals surface area (Å²) >= 11 is 0. The number of ether oxygens (including phenoxy) is 3. The van der Waals surface area contributed by atoms with Crippen LogP contribution in [0.4, 0.5) is 0 Å². The summed E-state index contributed by atoms with van der Waals surface area (Å²) in [6.07, 6.45) is 71.3. The van der Waals surface area contributed by atoms with Gasteiger partial charge in [-0.1, -0.05) is 262 Å². The molecule has 0 N–H and O–H groups in total. The third-order valence-electron chi connectivity index (χ3n) is 13.3. The molecular weight excluding hydrogens is 853 g/mol. The Balaban J connectivity index is 4.10. The molecule has 0 amide bonds. The topological polar surface area (TPSA) is 78.9 Å². The number of rotatable bonds is 55. The number of carbonyl (C=O) groups is 3. The molecule has 6 heteroatoms. The van der Waals surface area contributed by atoms with E-state index in [2.05, 4.69) is 69.4 Å². The first kappa shape index (κ1) is 66.4. The molecule has 6 nitrogen and oxygen atoms in total. The first-order chi connectivity index (χ1) is 34.0. The minimum absolute atomic E-state index is 0.0730. The first-order valence-corrected chi connectivity index (χ1v) is 30.1. The minimum atomic E-state index is -0.773. The van der Waals surface area contributed by atoms with E-state index in [-0.39, 0.29) is 31.1 Å². The van der Waals surface area contributed by atoms with Gasteiger partial charge in [0.2, 0.25) is 0 Å². The van der Waals surface area contributed by atoms with Gasteiger partial charge < -0.3 is 14.2 Å². The molecule has 0 aromatic heterocycles. The fraction of sp³-hybridized carbons (Fsp3) is 0.825. The molecular formula is C63H114O6. The highest BCUT2D eigenvalue weighted by atomic mass is 16.6. The van der Waals surface area contributed by atoms with E-state index in [0.29, 0.717) is 19.3 Å². The van der Waals surface area contributed by atoms with Crippen molar-refractivity contribution in [2.75, 3.05) is 13.2 Å². The molecule has 0 aliphatic rings. The van der Waals surface area contributed by atoms with E-state index >= 15 is 0 Å². The van der Waals surface area contributed by atoms with Gasteiger partial charge >= 0.3 is 17.9 Å². The van der Waals surface area contributed by atoms with Crippen molar-refractivity contribution in [2.45, 2.75) is 322 Å². The summed E-state index contributed by atoms with van der Waals surface area (Å²) in [4.78, 5) is 38.0. The third-order valence-corrected chi connectivity index (χ3v) is 13.3. The Kier molecular flexibility index (Phi) is 55.7. The van der Waals surface area contributed by atoms with E-state index in [1.54, 1.807) is 0 Å². The second kappa shape index (κ2) is 57.9. The maximum Gasteiger partial charge on any atom is 0.306 e. The SMILES string of the molecule is CCCCC/C=C\CCCCCCCC(=O)OC(COC(=O)CCCCCCCCCCCC)COC(=O)CCCCCCCCCCCCCCCC/C=C\C/C=C\C/C=C\CCCCCCC. The molecule has 69 heavy (non-hydrogen) atoms. The van der Waals surface area contributed by atoms with Gasteiger partial charge in [0.05, 0.1) is 0 Å². The largest absolute Gasteiger partial charge is 0.462 e. The molecule has 0 radical (unpaired) electrons. The van der Waals surface area contributed by atoms with Gasteiger partial charge in [-0.05, 0) is 83.5 Å². The van der Waals surface area contributed by atoms with Gasteiger partial charge in [0.1, 0.15) is 13.2 Å². The highest BCUT2D eigenvalue weighted by Gasteiger charge is 2.19. The lowest BCUT2D eigenvalue weighted by Crippen LogP contribution is -2.30. The third kappa shape index (κ3) is 56.2. The predicted molar refractivity (Wildman–Crippen MR) is 298 cm³/mol. The van der Waals surface area contributed by atoms with Gasteiger partial charge in [0.15, 0.2) is 6.10 Å². The van der Waals surface area contributed by atoms with E-state index < -0.39 is 6.10 Å². The Bertz CT molecular complexity index is 1200. The summed E-state index contributed by atoms with van der Waals surface area (Å²) in [6.45, 7) is 6.61. The monoisotopic (exact) mass is 967 g/mol. The summed E-state index contributed by atoms with van der Waals surface area (Å²) < 4.78 is 16.8. The van der Waals surface area contributed by atoms with Crippen LogP contribution in [-0.4, -0.2) is 37.2 Å². The Morgan fingerprint density at radius 1 is 0.290 bits per heavy atom. The smallest absolute Gasteiger partial charge is 0.306 e. The van der Waals surface area contributed by atoms with E-state index in [1.165, 1.54) is 199 Å². The van der Waals surface area contributed by atoms with Crippen LogP contribution in [0, 0.1) is 0 Å². The molecule has 0 spiro atoms. The van der Waals surface area contributed by atoms with Crippen LogP contribution >= 0.6 is 0 Å². The number of hydrogen-bond donors (Lipinski definition) is 0. The maximum atomic E-state index is 12.8. The maximum absolute atomic E-state index is 12.8. The van der Waals surface area contributed by atoms with Gasteiger partial charge in [-0.25, -0.2) is 0 Å². The zero-order valence-electron chi connectivity index (χ0n) is 46.1. The van der Waals surface area contributed by atoms with Crippen molar-refractivity contribution in [1.29, 1.82) is 0 Å². The lowest BCUT2D eigenvalue weighted by atomic mass is 10.0. The molecule has 0 aliphatic heterocycles. The molecule has 0 bridgehead atoms. The first-order valence-electron chi connectivity index (χ1n) is 30.1. The normalized spacial score (nSPS) is 12.3. The van der Waals surface area contributed by atoms with Gasteiger partial charge in [-0.3, -0.25) is 14.4 Å². The molecule has 0 saturated heterocycles. The quantitative estimate of drug-likeness (QED) is 0.0262. The summed E-state index contributed by atoms with van der Waals surface area (Å²) in [7, 11) is 0. The molecule has 0 rings (SSSR count). The fourth-order valence-electron chi connectivity index (χ4n) is 8.74. The Morgan fingerprint density at radius 3 is 0.855 bits per heavy atom. The summed E-state index contributed by atoms with van der Waals surface area (Å²) in [5.74, 6) is -0.872. The lowest BCUT2D eigenvalue weighted by Gasteiger charge is -2.18. The van der Waals surface area contributed by atoms with E-state index in [4.69, 9.17) is 14.2 Å². The summed E-state index contributed by atoms with van der Waals surface area (Å²) in [5.41, 5.74) is 0.